The normalized spacial score (nSPS) is 13.4. The molecule has 0 radical (unpaired) electrons. The second-order valence-electron chi connectivity index (χ2n) is 4.91. The molecule has 2 heteroatoms. The molecule has 0 amide bonds. The van der Waals surface area contributed by atoms with Crippen molar-refractivity contribution in [3.63, 3.8) is 0 Å². The average Bonchev–Trinajstić information content (AvgIpc) is 2.17. The summed E-state index contributed by atoms with van der Waals surface area (Å²) in [6, 6.07) is 1.08. The summed E-state index contributed by atoms with van der Waals surface area (Å²) in [6.45, 7) is 19.4. The standard InChI is InChI=1S/C14H28N2/c1-7-9-16(10-8-2)14(12(3)4)11-15-13(5)6/h7-8,12-15H,1-2,9-11H2,3-6H3. The zero-order valence-corrected chi connectivity index (χ0v) is 11.4. The minimum absolute atomic E-state index is 0.538. The maximum Gasteiger partial charge on any atom is 0.0250 e. The number of rotatable bonds is 9. The molecule has 2 nitrogen and oxygen atoms in total. The van der Waals surface area contributed by atoms with Crippen molar-refractivity contribution in [1.29, 1.82) is 0 Å². The van der Waals surface area contributed by atoms with Crippen molar-refractivity contribution < 1.29 is 0 Å². The van der Waals surface area contributed by atoms with Crippen LogP contribution in [0.5, 0.6) is 0 Å². The quantitative estimate of drug-likeness (QED) is 0.606. The van der Waals surface area contributed by atoms with Crippen LogP contribution in [0.25, 0.3) is 0 Å². The Hall–Kier alpha value is -0.600. The molecule has 0 aliphatic carbocycles. The van der Waals surface area contributed by atoms with Gasteiger partial charge >= 0.3 is 0 Å². The molecule has 0 bridgehead atoms. The van der Waals surface area contributed by atoms with Gasteiger partial charge in [-0.05, 0) is 5.92 Å². The van der Waals surface area contributed by atoms with Crippen LogP contribution >= 0.6 is 0 Å². The molecule has 0 saturated heterocycles. The molecule has 1 unspecified atom stereocenters. The fourth-order valence-electron chi connectivity index (χ4n) is 1.82. The van der Waals surface area contributed by atoms with E-state index < -0.39 is 0 Å². The van der Waals surface area contributed by atoms with E-state index in [4.69, 9.17) is 0 Å². The van der Waals surface area contributed by atoms with E-state index >= 15 is 0 Å². The Labute approximate surface area is 101 Å². The van der Waals surface area contributed by atoms with Crippen molar-refractivity contribution in [3.8, 4) is 0 Å². The van der Waals surface area contributed by atoms with Crippen molar-refractivity contribution in [2.75, 3.05) is 19.6 Å². The van der Waals surface area contributed by atoms with Gasteiger partial charge in [0.05, 0.1) is 0 Å². The van der Waals surface area contributed by atoms with Crippen LogP contribution in [0, 0.1) is 5.92 Å². The van der Waals surface area contributed by atoms with Gasteiger partial charge in [-0.1, -0.05) is 39.8 Å². The predicted molar refractivity (Wildman–Crippen MR) is 73.7 cm³/mol. The molecule has 1 atom stereocenters. The van der Waals surface area contributed by atoms with Gasteiger partial charge in [-0.25, -0.2) is 0 Å². The second kappa shape index (κ2) is 8.54. The van der Waals surface area contributed by atoms with Gasteiger partial charge in [0, 0.05) is 31.7 Å². The Balaban J connectivity index is 4.42. The molecule has 0 rings (SSSR count). The molecule has 0 aromatic carbocycles. The van der Waals surface area contributed by atoms with Gasteiger partial charge in [0.2, 0.25) is 0 Å². The largest absolute Gasteiger partial charge is 0.313 e. The van der Waals surface area contributed by atoms with E-state index in [1.807, 2.05) is 12.2 Å². The van der Waals surface area contributed by atoms with Gasteiger partial charge in [-0.15, -0.1) is 13.2 Å². The van der Waals surface area contributed by atoms with Crippen molar-refractivity contribution in [1.82, 2.24) is 10.2 Å². The Morgan fingerprint density at radius 3 is 1.88 bits per heavy atom. The highest BCUT2D eigenvalue weighted by Gasteiger charge is 2.19. The molecule has 0 aliphatic heterocycles. The third-order valence-corrected chi connectivity index (χ3v) is 2.70. The summed E-state index contributed by atoms with van der Waals surface area (Å²) in [6.07, 6.45) is 3.93. The molecule has 16 heavy (non-hydrogen) atoms. The summed E-state index contributed by atoms with van der Waals surface area (Å²) in [5.74, 6) is 0.631. The summed E-state index contributed by atoms with van der Waals surface area (Å²) in [7, 11) is 0. The van der Waals surface area contributed by atoms with E-state index in [2.05, 4.69) is 51.1 Å². The molecule has 0 heterocycles. The van der Waals surface area contributed by atoms with E-state index in [0.29, 0.717) is 18.0 Å². The van der Waals surface area contributed by atoms with Crippen molar-refractivity contribution >= 4 is 0 Å². The van der Waals surface area contributed by atoms with E-state index in [9.17, 15) is 0 Å². The second-order valence-corrected chi connectivity index (χ2v) is 4.91. The van der Waals surface area contributed by atoms with Crippen molar-refractivity contribution in [2.45, 2.75) is 39.8 Å². The monoisotopic (exact) mass is 224 g/mol. The first-order valence-electron chi connectivity index (χ1n) is 6.22. The van der Waals surface area contributed by atoms with Crippen LogP contribution in [-0.4, -0.2) is 36.6 Å². The average molecular weight is 224 g/mol. The van der Waals surface area contributed by atoms with Crippen LogP contribution in [-0.2, 0) is 0 Å². The molecule has 0 spiro atoms. The molecule has 94 valence electrons. The van der Waals surface area contributed by atoms with Gasteiger partial charge < -0.3 is 5.32 Å². The zero-order valence-electron chi connectivity index (χ0n) is 11.4. The molecule has 0 aromatic heterocycles. The highest BCUT2D eigenvalue weighted by molar-refractivity contribution is 4.87. The molecule has 0 aromatic rings. The van der Waals surface area contributed by atoms with Gasteiger partial charge in [0.1, 0.15) is 0 Å². The smallest absolute Gasteiger partial charge is 0.0250 e. The lowest BCUT2D eigenvalue weighted by Gasteiger charge is -2.33. The lowest BCUT2D eigenvalue weighted by atomic mass is 10.0. The predicted octanol–water partition coefficient (Wildman–Crippen LogP) is 2.68. The first-order chi connectivity index (χ1) is 7.52. The third kappa shape index (κ3) is 6.09. The lowest BCUT2D eigenvalue weighted by Crippen LogP contribution is -2.47. The first-order valence-corrected chi connectivity index (χ1v) is 6.22. The number of hydrogen-bond donors (Lipinski definition) is 1. The van der Waals surface area contributed by atoms with Crippen LogP contribution in [0.15, 0.2) is 25.3 Å². The Bertz CT molecular complexity index is 187. The molecular weight excluding hydrogens is 196 g/mol. The van der Waals surface area contributed by atoms with E-state index in [-0.39, 0.29) is 0 Å². The van der Waals surface area contributed by atoms with E-state index in [1.165, 1.54) is 0 Å². The number of nitrogens with one attached hydrogen (secondary N) is 1. The minimum Gasteiger partial charge on any atom is -0.313 e. The highest BCUT2D eigenvalue weighted by atomic mass is 15.2. The molecule has 1 N–H and O–H groups in total. The fourth-order valence-corrected chi connectivity index (χ4v) is 1.82. The van der Waals surface area contributed by atoms with Gasteiger partial charge in [0.25, 0.3) is 0 Å². The zero-order chi connectivity index (χ0) is 12.6. The molecule has 0 aliphatic rings. The molecule has 0 fully saturated rings. The van der Waals surface area contributed by atoms with Crippen LogP contribution in [0.1, 0.15) is 27.7 Å². The van der Waals surface area contributed by atoms with Gasteiger partial charge in [0.15, 0.2) is 0 Å². The maximum absolute atomic E-state index is 3.82. The Kier molecular flexibility index (Phi) is 8.22. The minimum atomic E-state index is 0.538. The first kappa shape index (κ1) is 15.4. The van der Waals surface area contributed by atoms with Crippen LogP contribution in [0.2, 0.25) is 0 Å². The summed E-state index contributed by atoms with van der Waals surface area (Å²) in [4.78, 5) is 2.42. The fraction of sp³-hybridized carbons (Fsp3) is 0.714. The van der Waals surface area contributed by atoms with Crippen molar-refractivity contribution in [3.05, 3.63) is 25.3 Å². The Morgan fingerprint density at radius 2 is 1.56 bits per heavy atom. The summed E-state index contributed by atoms with van der Waals surface area (Å²) < 4.78 is 0. The topological polar surface area (TPSA) is 15.3 Å². The van der Waals surface area contributed by atoms with Crippen LogP contribution in [0.4, 0.5) is 0 Å². The van der Waals surface area contributed by atoms with E-state index in [1.54, 1.807) is 0 Å². The highest BCUT2D eigenvalue weighted by Crippen LogP contribution is 2.10. The Morgan fingerprint density at radius 1 is 1.06 bits per heavy atom. The van der Waals surface area contributed by atoms with Gasteiger partial charge in [-0.2, -0.15) is 0 Å². The van der Waals surface area contributed by atoms with E-state index in [0.717, 1.165) is 19.6 Å². The van der Waals surface area contributed by atoms with Crippen LogP contribution in [0.3, 0.4) is 0 Å². The summed E-state index contributed by atoms with van der Waals surface area (Å²) in [5, 5.41) is 3.51. The lowest BCUT2D eigenvalue weighted by molar-refractivity contribution is 0.182. The van der Waals surface area contributed by atoms with Crippen LogP contribution < -0.4 is 5.32 Å². The SMILES string of the molecule is C=CCN(CC=C)C(CNC(C)C)C(C)C. The summed E-state index contributed by atoms with van der Waals surface area (Å²) in [5.41, 5.74) is 0. The molecule has 0 saturated carbocycles. The summed E-state index contributed by atoms with van der Waals surface area (Å²) >= 11 is 0. The van der Waals surface area contributed by atoms with Crippen molar-refractivity contribution in [2.24, 2.45) is 5.92 Å². The molecular formula is C14H28N2. The van der Waals surface area contributed by atoms with Gasteiger partial charge in [-0.3, -0.25) is 4.90 Å². The third-order valence-electron chi connectivity index (χ3n) is 2.70. The number of hydrogen-bond acceptors (Lipinski definition) is 2. The number of nitrogens with zero attached hydrogens (tertiary/aromatic N) is 1. The maximum atomic E-state index is 3.82.